The summed E-state index contributed by atoms with van der Waals surface area (Å²) in [7, 11) is -9.48. The fourth-order valence-electron chi connectivity index (χ4n) is 4.50. The number of hydrogen-bond acceptors (Lipinski definition) is 10. The summed E-state index contributed by atoms with van der Waals surface area (Å²) >= 11 is 0. The van der Waals surface area contributed by atoms with E-state index in [9.17, 15) is 36.9 Å². The predicted molar refractivity (Wildman–Crippen MR) is 174 cm³/mol. The van der Waals surface area contributed by atoms with Crippen LogP contribution >= 0.6 is 7.82 Å². The van der Waals surface area contributed by atoms with Crippen LogP contribution in [0.25, 0.3) is 0 Å². The maximum atomic E-state index is 12.0. The molecule has 0 spiro atoms. The first-order chi connectivity index (χ1) is 21.4. The number of unbranched alkanes of at least 4 members (excludes halogenated alkanes) is 19. The van der Waals surface area contributed by atoms with E-state index in [0.717, 1.165) is 70.6 Å². The summed E-state index contributed by atoms with van der Waals surface area (Å²) in [5, 5.41) is -1.93. The minimum atomic E-state index is -4.74. The zero-order chi connectivity index (χ0) is 34.2. The van der Waals surface area contributed by atoms with Crippen molar-refractivity contribution in [3.05, 3.63) is 0 Å². The third-order valence-corrected chi connectivity index (χ3v) is 8.80. The first-order valence-electron chi connectivity index (χ1n) is 17.3. The van der Waals surface area contributed by atoms with Crippen molar-refractivity contribution in [1.29, 1.82) is 0 Å². The van der Waals surface area contributed by atoms with Crippen LogP contribution in [0.5, 0.6) is 0 Å². The summed E-state index contributed by atoms with van der Waals surface area (Å²) < 4.78 is 56.3. The maximum Gasteiger partial charge on any atom is 1.00 e. The van der Waals surface area contributed by atoms with Gasteiger partial charge in [0.1, 0.15) is 0 Å². The van der Waals surface area contributed by atoms with Gasteiger partial charge in [-0.15, -0.1) is 0 Å². The Hall–Kier alpha value is 0.960. The van der Waals surface area contributed by atoms with Gasteiger partial charge in [0.25, 0.3) is 10.1 Å². The fraction of sp³-hybridized carbons (Fsp3) is 0.938. The van der Waals surface area contributed by atoms with Crippen molar-refractivity contribution in [2.75, 3.05) is 19.8 Å². The van der Waals surface area contributed by atoms with E-state index >= 15 is 0 Å². The molecule has 47 heavy (non-hydrogen) atoms. The number of phosphoric acid groups is 1. The van der Waals surface area contributed by atoms with Gasteiger partial charge in [0.15, 0.2) is 5.25 Å². The molecular formula is C32H63Na2O11PS. The summed E-state index contributed by atoms with van der Waals surface area (Å²) in [6.45, 7) is 6.76. The summed E-state index contributed by atoms with van der Waals surface area (Å²) in [4.78, 5) is 44.1. The second-order valence-electron chi connectivity index (χ2n) is 11.6. The Bertz CT molecular complexity index is 858. The van der Waals surface area contributed by atoms with Crippen LogP contribution in [0.3, 0.4) is 0 Å². The third-order valence-electron chi connectivity index (χ3n) is 7.22. The first-order valence-corrected chi connectivity index (χ1v) is 20.3. The number of phosphoric ester groups is 1. The Morgan fingerprint density at radius 1 is 0.596 bits per heavy atom. The van der Waals surface area contributed by atoms with Crippen LogP contribution in [0.4, 0.5) is 0 Å². The average Bonchev–Trinajstić information content (AvgIpc) is 2.97. The van der Waals surface area contributed by atoms with Crippen molar-refractivity contribution in [3.8, 4) is 0 Å². The van der Waals surface area contributed by atoms with E-state index in [4.69, 9.17) is 9.47 Å². The van der Waals surface area contributed by atoms with Gasteiger partial charge in [-0.05, 0) is 19.3 Å². The Labute approximate surface area is 330 Å². The summed E-state index contributed by atoms with van der Waals surface area (Å²) in [6, 6.07) is 0. The van der Waals surface area contributed by atoms with Gasteiger partial charge in [0, 0.05) is 0 Å². The van der Waals surface area contributed by atoms with Gasteiger partial charge in [0.05, 0.1) is 34.1 Å². The van der Waals surface area contributed by atoms with Gasteiger partial charge in [-0.25, -0.2) is 0 Å². The van der Waals surface area contributed by atoms with Crippen molar-refractivity contribution in [3.63, 3.8) is 0 Å². The largest absolute Gasteiger partial charge is 1.00 e. The molecule has 1 N–H and O–H groups in total. The van der Waals surface area contributed by atoms with Crippen LogP contribution < -0.4 is 68.9 Å². The normalized spacial score (nSPS) is 11.8. The molecule has 0 bridgehead atoms. The van der Waals surface area contributed by atoms with E-state index in [0.29, 0.717) is 19.3 Å². The van der Waals surface area contributed by atoms with Crippen LogP contribution in [0, 0.1) is 0 Å². The number of ether oxygens (including phenoxy) is 2. The molecule has 0 aromatic heterocycles. The number of carbonyl (C=O) groups excluding carboxylic acids is 2. The van der Waals surface area contributed by atoms with Crippen molar-refractivity contribution in [2.45, 2.75) is 174 Å². The second kappa shape index (κ2) is 38.2. The van der Waals surface area contributed by atoms with Crippen molar-refractivity contribution in [2.24, 2.45) is 0 Å². The molecule has 1 unspecified atom stereocenters. The Morgan fingerprint density at radius 2 is 0.915 bits per heavy atom. The molecular weight excluding hydrogens is 669 g/mol. The molecule has 0 saturated heterocycles. The molecule has 0 rings (SSSR count). The molecule has 0 aliphatic rings. The Kier molecular flexibility index (Phi) is 44.5. The molecule has 270 valence electrons. The van der Waals surface area contributed by atoms with Crippen LogP contribution in [-0.4, -0.2) is 50.0 Å². The second-order valence-corrected chi connectivity index (χ2v) is 14.3. The van der Waals surface area contributed by atoms with Gasteiger partial charge in [-0.2, -0.15) is 8.42 Å². The average molecular weight is 733 g/mol. The molecule has 0 saturated carbocycles. The molecule has 0 aliphatic heterocycles. The molecule has 15 heteroatoms. The van der Waals surface area contributed by atoms with Crippen LogP contribution in [0.15, 0.2) is 0 Å². The molecule has 0 amide bonds. The topological polar surface area (TPSA) is 179 Å². The monoisotopic (exact) mass is 732 g/mol. The molecule has 0 aromatic rings. The standard InChI is InChI=1S/C20H38O7S.C12H27O4P.2Na/c1-3-5-7-9-11-13-15-26-19(21)17-18(28(23,24)25)20(22)27-16-14-12-10-8-6-4-2;1-2-3-4-5-6-7-8-9-10-11-12-16-17(13,14)15;;/h18H,3-17H2,1-2H3,(H,23,24,25);2-12H2,1H3,(H2,13,14,15);;/q;;2*+1/p-2. The fourth-order valence-corrected chi connectivity index (χ4v) is 5.51. The number of carbonyl (C=O) groups is 2. The summed E-state index contributed by atoms with van der Waals surface area (Å²) in [5.41, 5.74) is 0. The molecule has 0 fully saturated rings. The number of hydrogen-bond donors (Lipinski definition) is 1. The first kappa shape index (κ1) is 54.7. The summed E-state index contributed by atoms with van der Waals surface area (Å²) in [6.07, 6.45) is 23.1. The van der Waals surface area contributed by atoms with Gasteiger partial charge in [-0.1, -0.05) is 143 Å². The van der Waals surface area contributed by atoms with Gasteiger partial charge in [-0.3, -0.25) is 14.1 Å². The van der Waals surface area contributed by atoms with Crippen molar-refractivity contribution in [1.82, 2.24) is 0 Å². The zero-order valence-corrected chi connectivity index (χ0v) is 36.1. The van der Waals surface area contributed by atoms with E-state index < -0.39 is 41.6 Å². The Balaban J connectivity index is -0.000000420. The zero-order valence-electron chi connectivity index (χ0n) is 30.3. The van der Waals surface area contributed by atoms with Gasteiger partial charge < -0.3 is 28.3 Å². The molecule has 0 aliphatic carbocycles. The molecule has 0 heterocycles. The van der Waals surface area contributed by atoms with Crippen LogP contribution in [0.2, 0.25) is 0 Å². The summed E-state index contributed by atoms with van der Waals surface area (Å²) in [5.74, 6) is -1.93. The Morgan fingerprint density at radius 3 is 1.26 bits per heavy atom. The van der Waals surface area contributed by atoms with Crippen LogP contribution in [0.1, 0.15) is 168 Å². The predicted octanol–water partition coefficient (Wildman–Crippen LogP) is 1.20. The van der Waals surface area contributed by atoms with Crippen molar-refractivity contribution >= 4 is 29.9 Å². The number of rotatable bonds is 30. The SMILES string of the molecule is CCCCCCCCCCCCOP(=O)([O-])[O-].CCCCCCCCOC(=O)CC(C(=O)OCCCCCCCC)S(=O)(=O)O.[Na+].[Na+]. The quantitative estimate of drug-likeness (QED) is 0.0369. The minimum Gasteiger partial charge on any atom is -0.790 e. The van der Waals surface area contributed by atoms with Crippen molar-refractivity contribution < 1.29 is 110 Å². The van der Waals surface area contributed by atoms with E-state index in [2.05, 4.69) is 25.3 Å². The van der Waals surface area contributed by atoms with E-state index in [1.165, 1.54) is 51.4 Å². The molecule has 1 atom stereocenters. The van der Waals surface area contributed by atoms with E-state index in [1.807, 2.05) is 0 Å². The minimum absolute atomic E-state index is 0. The third kappa shape index (κ3) is 43.0. The van der Waals surface area contributed by atoms with E-state index in [-0.39, 0.29) is 78.9 Å². The molecule has 0 radical (unpaired) electrons. The maximum absolute atomic E-state index is 12.0. The molecule has 0 aromatic carbocycles. The molecule has 11 nitrogen and oxygen atoms in total. The van der Waals surface area contributed by atoms with Gasteiger partial charge in [0.2, 0.25) is 0 Å². The van der Waals surface area contributed by atoms with Gasteiger partial charge >= 0.3 is 71.1 Å². The smallest absolute Gasteiger partial charge is 0.790 e. The van der Waals surface area contributed by atoms with Crippen LogP contribution in [-0.2, 0) is 38.3 Å². The number of esters is 2. The van der Waals surface area contributed by atoms with E-state index in [1.54, 1.807) is 0 Å².